The minimum atomic E-state index is -0.472. The van der Waals surface area contributed by atoms with E-state index in [-0.39, 0.29) is 11.9 Å². The largest absolute Gasteiger partial charge is 0.469 e. The van der Waals surface area contributed by atoms with E-state index >= 15 is 0 Å². The molecule has 0 fully saturated rings. The summed E-state index contributed by atoms with van der Waals surface area (Å²) in [5, 5.41) is 0. The summed E-state index contributed by atoms with van der Waals surface area (Å²) in [6.45, 7) is 0. The van der Waals surface area contributed by atoms with Crippen LogP contribution >= 0.6 is 0 Å². The molecule has 5 nitrogen and oxygen atoms in total. The maximum absolute atomic E-state index is 11.2. The maximum Gasteiger partial charge on any atom is 0.334 e. The van der Waals surface area contributed by atoms with Crippen molar-refractivity contribution in [2.45, 2.75) is 44.6 Å². The van der Waals surface area contributed by atoms with Crippen LogP contribution in [0.4, 0.5) is 0 Å². The Morgan fingerprint density at radius 3 is 2.12 bits per heavy atom. The monoisotopic (exact) mass is 246 g/mol. The zero-order valence-electron chi connectivity index (χ0n) is 10.9. The van der Waals surface area contributed by atoms with Crippen molar-refractivity contribution in [3.8, 4) is 0 Å². The molecule has 0 spiro atoms. The van der Waals surface area contributed by atoms with Crippen molar-refractivity contribution in [3.63, 3.8) is 0 Å². The molecule has 0 N–H and O–H groups in total. The molecule has 0 aromatic heterocycles. The number of hydrogen-bond acceptors (Lipinski definition) is 5. The molecule has 100 valence electrons. The van der Waals surface area contributed by atoms with Crippen molar-refractivity contribution in [1.29, 1.82) is 0 Å². The lowest BCUT2D eigenvalue weighted by Crippen LogP contribution is -2.24. The molecule has 0 radical (unpaired) electrons. The normalized spacial score (nSPS) is 11.9. The summed E-state index contributed by atoms with van der Waals surface area (Å²) in [4.78, 5) is 22.0. The maximum atomic E-state index is 11.2. The minimum absolute atomic E-state index is 0.172. The average molecular weight is 246 g/mol. The van der Waals surface area contributed by atoms with Gasteiger partial charge in [-0.05, 0) is 12.8 Å². The smallest absolute Gasteiger partial charge is 0.334 e. The molecule has 0 rings (SSSR count). The summed E-state index contributed by atoms with van der Waals surface area (Å²) in [5.41, 5.74) is 0. The highest BCUT2D eigenvalue weighted by molar-refractivity contribution is 5.74. The van der Waals surface area contributed by atoms with Crippen LogP contribution in [0.5, 0.6) is 0 Å². The number of ether oxygens (including phenoxy) is 3. The van der Waals surface area contributed by atoms with Crippen LogP contribution < -0.4 is 0 Å². The van der Waals surface area contributed by atoms with E-state index in [1.54, 1.807) is 0 Å². The third-order valence-corrected chi connectivity index (χ3v) is 2.57. The fraction of sp³-hybridized carbons (Fsp3) is 0.833. The molecule has 1 unspecified atom stereocenters. The summed E-state index contributed by atoms with van der Waals surface area (Å²) >= 11 is 0. The lowest BCUT2D eigenvalue weighted by Gasteiger charge is -2.12. The lowest BCUT2D eigenvalue weighted by atomic mass is 10.1. The molecule has 0 bridgehead atoms. The molecule has 0 saturated carbocycles. The Bertz CT molecular complexity index is 227. The summed E-state index contributed by atoms with van der Waals surface area (Å²) < 4.78 is 14.2. The van der Waals surface area contributed by atoms with E-state index in [1.165, 1.54) is 21.3 Å². The number of rotatable bonds is 9. The Morgan fingerprint density at radius 1 is 0.941 bits per heavy atom. The standard InChI is InChI=1S/C12H22O5/c1-15-10(12(14)17-3)8-6-4-5-7-9-11(13)16-2/h10H,4-9H2,1-3H3. The molecule has 0 amide bonds. The average Bonchev–Trinajstić information content (AvgIpc) is 2.36. The summed E-state index contributed by atoms with van der Waals surface area (Å²) in [7, 11) is 4.24. The zero-order valence-corrected chi connectivity index (χ0v) is 10.9. The van der Waals surface area contributed by atoms with Crippen LogP contribution in [0.25, 0.3) is 0 Å². The Kier molecular flexibility index (Phi) is 9.43. The second-order valence-electron chi connectivity index (χ2n) is 3.78. The Hall–Kier alpha value is -1.10. The molecule has 0 aliphatic carbocycles. The van der Waals surface area contributed by atoms with Gasteiger partial charge in [0, 0.05) is 13.5 Å². The molecule has 1 atom stereocenters. The van der Waals surface area contributed by atoms with Gasteiger partial charge >= 0.3 is 11.9 Å². The van der Waals surface area contributed by atoms with Crippen LogP contribution in [0.15, 0.2) is 0 Å². The summed E-state index contributed by atoms with van der Waals surface area (Å²) in [6, 6.07) is 0. The second kappa shape index (κ2) is 10.1. The van der Waals surface area contributed by atoms with Crippen molar-refractivity contribution in [2.24, 2.45) is 0 Å². The predicted octanol–water partition coefficient (Wildman–Crippen LogP) is 1.69. The zero-order chi connectivity index (χ0) is 13.1. The van der Waals surface area contributed by atoms with Gasteiger partial charge in [0.15, 0.2) is 6.10 Å². The third-order valence-electron chi connectivity index (χ3n) is 2.57. The van der Waals surface area contributed by atoms with Gasteiger partial charge in [0.25, 0.3) is 0 Å². The van der Waals surface area contributed by atoms with Crippen molar-refractivity contribution in [2.75, 3.05) is 21.3 Å². The molecule has 0 aromatic rings. The van der Waals surface area contributed by atoms with Crippen molar-refractivity contribution in [3.05, 3.63) is 0 Å². The van der Waals surface area contributed by atoms with E-state index in [1.807, 2.05) is 0 Å². The quantitative estimate of drug-likeness (QED) is 0.457. The van der Waals surface area contributed by atoms with Crippen molar-refractivity contribution >= 4 is 11.9 Å². The van der Waals surface area contributed by atoms with Crippen LogP contribution in [-0.4, -0.2) is 39.4 Å². The van der Waals surface area contributed by atoms with E-state index in [9.17, 15) is 9.59 Å². The summed E-state index contributed by atoms with van der Waals surface area (Å²) in [6.07, 6.45) is 4.26. The first-order valence-corrected chi connectivity index (χ1v) is 5.83. The number of unbranched alkanes of at least 4 members (excludes halogenated alkanes) is 3. The van der Waals surface area contributed by atoms with Gasteiger partial charge in [-0.3, -0.25) is 4.79 Å². The van der Waals surface area contributed by atoms with E-state index in [2.05, 4.69) is 9.47 Å². The Morgan fingerprint density at radius 2 is 1.59 bits per heavy atom. The summed E-state index contributed by atoms with van der Waals surface area (Å²) in [5.74, 6) is -0.503. The van der Waals surface area contributed by atoms with Gasteiger partial charge in [-0.1, -0.05) is 19.3 Å². The molecule has 0 aliphatic rings. The molecular formula is C12H22O5. The topological polar surface area (TPSA) is 61.8 Å². The van der Waals surface area contributed by atoms with E-state index in [0.717, 1.165) is 25.7 Å². The molecule has 5 heteroatoms. The first kappa shape index (κ1) is 15.9. The molecule has 0 aromatic carbocycles. The van der Waals surface area contributed by atoms with Crippen LogP contribution in [0.1, 0.15) is 38.5 Å². The first-order chi connectivity index (χ1) is 8.15. The lowest BCUT2D eigenvalue weighted by molar-refractivity contribution is -0.152. The molecule has 0 saturated heterocycles. The van der Waals surface area contributed by atoms with Crippen LogP contribution in [0, 0.1) is 0 Å². The van der Waals surface area contributed by atoms with Gasteiger partial charge in [-0.15, -0.1) is 0 Å². The van der Waals surface area contributed by atoms with Gasteiger partial charge in [-0.2, -0.15) is 0 Å². The van der Waals surface area contributed by atoms with E-state index in [4.69, 9.17) is 4.74 Å². The first-order valence-electron chi connectivity index (χ1n) is 5.83. The Balaban J connectivity index is 3.49. The molecule has 0 aliphatic heterocycles. The van der Waals surface area contributed by atoms with Gasteiger partial charge < -0.3 is 14.2 Å². The number of carbonyl (C=O) groups is 2. The number of carbonyl (C=O) groups excluding carboxylic acids is 2. The highest BCUT2D eigenvalue weighted by atomic mass is 16.6. The SMILES string of the molecule is COC(=O)CCCCCCC(OC)C(=O)OC. The van der Waals surface area contributed by atoms with E-state index < -0.39 is 6.10 Å². The molecular weight excluding hydrogens is 224 g/mol. The van der Waals surface area contributed by atoms with Gasteiger partial charge in [0.2, 0.25) is 0 Å². The molecule has 0 heterocycles. The van der Waals surface area contributed by atoms with Crippen molar-refractivity contribution < 1.29 is 23.8 Å². The van der Waals surface area contributed by atoms with Crippen LogP contribution in [0.3, 0.4) is 0 Å². The minimum Gasteiger partial charge on any atom is -0.469 e. The predicted molar refractivity (Wildman–Crippen MR) is 62.5 cm³/mol. The van der Waals surface area contributed by atoms with Crippen LogP contribution in [0.2, 0.25) is 0 Å². The van der Waals surface area contributed by atoms with E-state index in [0.29, 0.717) is 12.8 Å². The molecule has 17 heavy (non-hydrogen) atoms. The Labute approximate surface area is 102 Å². The number of methoxy groups -OCH3 is 3. The highest BCUT2D eigenvalue weighted by Gasteiger charge is 2.17. The van der Waals surface area contributed by atoms with Crippen LogP contribution in [-0.2, 0) is 23.8 Å². The van der Waals surface area contributed by atoms with Gasteiger partial charge in [-0.25, -0.2) is 4.79 Å². The van der Waals surface area contributed by atoms with Crippen molar-refractivity contribution in [1.82, 2.24) is 0 Å². The third kappa shape index (κ3) is 7.74. The van der Waals surface area contributed by atoms with Gasteiger partial charge in [0.1, 0.15) is 0 Å². The fourth-order valence-corrected chi connectivity index (χ4v) is 1.52. The fourth-order valence-electron chi connectivity index (χ4n) is 1.52. The second-order valence-corrected chi connectivity index (χ2v) is 3.78. The number of esters is 2. The number of hydrogen-bond donors (Lipinski definition) is 0. The van der Waals surface area contributed by atoms with Gasteiger partial charge in [0.05, 0.1) is 14.2 Å². The highest BCUT2D eigenvalue weighted by Crippen LogP contribution is 2.10.